The number of aldehydes is 2. The summed E-state index contributed by atoms with van der Waals surface area (Å²) in [6.45, 7) is 2.12. The van der Waals surface area contributed by atoms with Crippen molar-refractivity contribution in [2.75, 3.05) is 6.54 Å². The smallest absolute Gasteiger partial charge is 0.130 e. The van der Waals surface area contributed by atoms with Gasteiger partial charge < -0.3 is 20.4 Å². The molecule has 0 bridgehead atoms. The Morgan fingerprint density at radius 1 is 0.625 bits per heavy atom. The average Bonchev–Trinajstić information content (AvgIpc) is 2.78. The summed E-state index contributed by atoms with van der Waals surface area (Å²) in [5.74, 6) is -0.369. The van der Waals surface area contributed by atoms with Gasteiger partial charge in [-0.05, 0) is 24.9 Å². The number of halogens is 1. The number of hydrogen-bond donors (Lipinski definition) is 1. The molecule has 1 aromatic carbocycles. The molecular formula is C27H48ClNO3. The molecule has 0 heterocycles. The number of nitrogens with one attached hydrogen (secondary N) is 1. The Labute approximate surface area is 203 Å². The summed E-state index contributed by atoms with van der Waals surface area (Å²) in [5, 5.41) is 3.54. The zero-order valence-electron chi connectivity index (χ0n) is 20.1. The van der Waals surface area contributed by atoms with E-state index >= 15 is 0 Å². The number of rotatable bonds is 22. The van der Waals surface area contributed by atoms with Crippen molar-refractivity contribution in [1.29, 1.82) is 0 Å². The number of carbonyl (C=O) groups excluding carboxylic acids is 2. The molecule has 186 valence electrons. The van der Waals surface area contributed by atoms with Crippen molar-refractivity contribution >= 4 is 25.0 Å². The summed E-state index contributed by atoms with van der Waals surface area (Å²) < 4.78 is 0. The van der Waals surface area contributed by atoms with Crippen molar-refractivity contribution in [1.82, 2.24) is 5.32 Å². The van der Waals surface area contributed by atoms with Crippen molar-refractivity contribution in [2.24, 2.45) is 5.92 Å². The van der Waals surface area contributed by atoms with Crippen molar-refractivity contribution in [3.05, 3.63) is 35.9 Å². The van der Waals surface area contributed by atoms with Crippen molar-refractivity contribution < 1.29 is 15.1 Å². The third kappa shape index (κ3) is 20.7. The summed E-state index contributed by atoms with van der Waals surface area (Å²) in [7, 11) is 0. The highest BCUT2D eigenvalue weighted by Gasteiger charge is 2.03. The van der Waals surface area contributed by atoms with Gasteiger partial charge in [0.05, 0.1) is 5.92 Å². The van der Waals surface area contributed by atoms with Crippen LogP contribution in [0.25, 0.3) is 0 Å². The number of benzene rings is 1. The van der Waals surface area contributed by atoms with E-state index < -0.39 is 0 Å². The number of hydrogen-bond acceptors (Lipinski definition) is 3. The van der Waals surface area contributed by atoms with E-state index in [0.29, 0.717) is 0 Å². The first-order valence-corrected chi connectivity index (χ1v) is 12.5. The van der Waals surface area contributed by atoms with Crippen LogP contribution in [0.2, 0.25) is 0 Å². The Kier molecular flexibility index (Phi) is 26.8. The van der Waals surface area contributed by atoms with E-state index in [4.69, 9.17) is 0 Å². The molecule has 0 unspecified atom stereocenters. The molecule has 0 aliphatic carbocycles. The first-order chi connectivity index (χ1) is 14.9. The van der Waals surface area contributed by atoms with E-state index in [1.54, 1.807) is 0 Å². The minimum absolute atomic E-state index is 0. The summed E-state index contributed by atoms with van der Waals surface area (Å²) in [5.41, 5.74) is 1.37. The molecule has 0 aromatic heterocycles. The minimum Gasteiger partial charge on any atom is -0.412 e. The third-order valence-corrected chi connectivity index (χ3v) is 5.91. The fraction of sp³-hybridized carbons (Fsp3) is 0.704. The molecular weight excluding hydrogens is 422 g/mol. The van der Waals surface area contributed by atoms with Gasteiger partial charge in [-0.1, -0.05) is 120 Å². The lowest BCUT2D eigenvalue weighted by Gasteiger charge is -2.05. The minimum atomic E-state index is -0.369. The molecule has 1 rings (SSSR count). The van der Waals surface area contributed by atoms with Gasteiger partial charge in [-0.2, -0.15) is 0 Å². The fourth-order valence-electron chi connectivity index (χ4n) is 3.92. The number of unbranched alkanes of at least 4 members (excludes halogenated alkanes) is 14. The SMILES string of the molecule is Cl.O.O=CC(C=O)CCCCCCCCCCCCCCCCCNCc1ccccc1. The van der Waals surface area contributed by atoms with Gasteiger partial charge in [0, 0.05) is 6.54 Å². The summed E-state index contributed by atoms with van der Waals surface area (Å²) in [6, 6.07) is 10.6. The maximum Gasteiger partial charge on any atom is 0.130 e. The van der Waals surface area contributed by atoms with E-state index in [1.807, 2.05) is 0 Å². The summed E-state index contributed by atoms with van der Waals surface area (Å²) >= 11 is 0. The Morgan fingerprint density at radius 2 is 1.03 bits per heavy atom. The zero-order valence-corrected chi connectivity index (χ0v) is 20.9. The monoisotopic (exact) mass is 469 g/mol. The predicted octanol–water partition coefficient (Wildman–Crippen LogP) is 6.63. The highest BCUT2D eigenvalue weighted by Crippen LogP contribution is 2.14. The normalized spacial score (nSPS) is 10.4. The van der Waals surface area contributed by atoms with Crippen LogP contribution in [0.4, 0.5) is 0 Å². The number of carbonyl (C=O) groups is 2. The molecule has 0 aliphatic heterocycles. The van der Waals surface area contributed by atoms with Gasteiger partial charge in [-0.25, -0.2) is 0 Å². The van der Waals surface area contributed by atoms with Crippen LogP contribution in [-0.4, -0.2) is 24.6 Å². The molecule has 0 saturated heterocycles. The predicted molar refractivity (Wildman–Crippen MR) is 139 cm³/mol. The lowest BCUT2D eigenvalue weighted by Crippen LogP contribution is -2.14. The second kappa shape index (κ2) is 26.0. The molecule has 32 heavy (non-hydrogen) atoms. The molecule has 0 fully saturated rings. The summed E-state index contributed by atoms with van der Waals surface area (Å²) in [4.78, 5) is 21.1. The third-order valence-electron chi connectivity index (χ3n) is 5.91. The van der Waals surface area contributed by atoms with Crippen molar-refractivity contribution in [3.8, 4) is 0 Å². The van der Waals surface area contributed by atoms with Gasteiger partial charge in [0.15, 0.2) is 0 Å². The molecule has 0 spiro atoms. The molecule has 0 atom stereocenters. The molecule has 0 aliphatic rings. The maximum absolute atomic E-state index is 10.6. The van der Waals surface area contributed by atoms with Crippen LogP contribution in [0.5, 0.6) is 0 Å². The molecule has 1 aromatic rings. The largest absolute Gasteiger partial charge is 0.412 e. The Hall–Kier alpha value is -1.23. The van der Waals surface area contributed by atoms with E-state index in [-0.39, 0.29) is 23.8 Å². The van der Waals surface area contributed by atoms with Gasteiger partial charge in [0.2, 0.25) is 0 Å². The van der Waals surface area contributed by atoms with Crippen LogP contribution in [0.3, 0.4) is 0 Å². The topological polar surface area (TPSA) is 77.7 Å². The van der Waals surface area contributed by atoms with Crippen LogP contribution >= 0.6 is 12.4 Å². The van der Waals surface area contributed by atoms with E-state index in [2.05, 4.69) is 35.6 Å². The molecule has 0 saturated carbocycles. The van der Waals surface area contributed by atoms with Gasteiger partial charge in [-0.15, -0.1) is 12.4 Å². The van der Waals surface area contributed by atoms with Gasteiger partial charge in [0.25, 0.3) is 0 Å². The lowest BCUT2D eigenvalue weighted by molar-refractivity contribution is -0.119. The van der Waals surface area contributed by atoms with E-state index in [9.17, 15) is 9.59 Å². The van der Waals surface area contributed by atoms with Crippen LogP contribution in [0.15, 0.2) is 30.3 Å². The molecule has 5 heteroatoms. The Morgan fingerprint density at radius 3 is 1.47 bits per heavy atom. The fourth-order valence-corrected chi connectivity index (χ4v) is 3.92. The summed E-state index contributed by atoms with van der Waals surface area (Å²) in [6.07, 6.45) is 22.1. The van der Waals surface area contributed by atoms with Gasteiger partial charge >= 0.3 is 0 Å². The van der Waals surface area contributed by atoms with Crippen LogP contribution in [0.1, 0.15) is 108 Å². The molecule has 3 N–H and O–H groups in total. The van der Waals surface area contributed by atoms with Crippen molar-refractivity contribution in [2.45, 2.75) is 109 Å². The van der Waals surface area contributed by atoms with Gasteiger partial charge in [-0.3, -0.25) is 0 Å². The molecule has 0 radical (unpaired) electrons. The van der Waals surface area contributed by atoms with E-state index in [0.717, 1.165) is 44.9 Å². The van der Waals surface area contributed by atoms with Gasteiger partial charge in [0.1, 0.15) is 12.6 Å². The first-order valence-electron chi connectivity index (χ1n) is 12.5. The maximum atomic E-state index is 10.6. The second-order valence-electron chi connectivity index (χ2n) is 8.69. The lowest BCUT2D eigenvalue weighted by atomic mass is 10.0. The van der Waals surface area contributed by atoms with Crippen LogP contribution in [0, 0.1) is 5.92 Å². The van der Waals surface area contributed by atoms with E-state index in [1.165, 1.54) is 89.0 Å². The standard InChI is InChI=1S/C27H45NO2.ClH.H2O/c29-24-27(25-30)21-15-12-10-8-6-4-2-1-3-5-7-9-11-13-18-22-28-23-26-19-16-14-17-20-26;;/h14,16-17,19-20,24-25,27-28H,1-13,15,18,21-23H2;1H;1H2. The second-order valence-corrected chi connectivity index (χ2v) is 8.69. The average molecular weight is 470 g/mol. The van der Waals surface area contributed by atoms with Crippen LogP contribution in [-0.2, 0) is 16.1 Å². The highest BCUT2D eigenvalue weighted by molar-refractivity contribution is 5.85. The van der Waals surface area contributed by atoms with Crippen LogP contribution < -0.4 is 5.32 Å². The molecule has 0 amide bonds. The quantitative estimate of drug-likeness (QED) is 0.117. The molecule has 4 nitrogen and oxygen atoms in total. The Balaban J connectivity index is 0. The highest BCUT2D eigenvalue weighted by atomic mass is 35.5. The van der Waals surface area contributed by atoms with Crippen molar-refractivity contribution in [3.63, 3.8) is 0 Å². The first kappa shape index (κ1) is 32.9. The Bertz CT molecular complexity index is 505. The zero-order chi connectivity index (χ0) is 21.5.